The van der Waals surface area contributed by atoms with Crippen LogP contribution in [-0.4, -0.2) is 27.0 Å². The van der Waals surface area contributed by atoms with E-state index in [1.54, 1.807) is 0 Å². The van der Waals surface area contributed by atoms with E-state index in [4.69, 9.17) is 3.97 Å². The third-order valence-electron chi connectivity index (χ3n) is 1.56. The van der Waals surface area contributed by atoms with Crippen molar-refractivity contribution in [2.24, 2.45) is 0 Å². The Balaban J connectivity index is 2.36. The minimum absolute atomic E-state index is 0.648. The highest BCUT2D eigenvalue weighted by molar-refractivity contribution is 7.90. The highest BCUT2D eigenvalue weighted by Gasteiger charge is 2.17. The second-order valence-corrected chi connectivity index (χ2v) is 6.63. The van der Waals surface area contributed by atoms with Crippen molar-refractivity contribution in [2.75, 3.05) is 18.6 Å². The fourth-order valence-electron chi connectivity index (χ4n) is 1.13. The van der Waals surface area contributed by atoms with Crippen molar-refractivity contribution in [3.63, 3.8) is 0 Å². The zero-order valence-corrected chi connectivity index (χ0v) is 8.33. The Bertz CT molecular complexity index is 206. The lowest BCUT2D eigenvalue weighted by atomic mass is 10.3. The Kier molecular flexibility index (Phi) is 3.29. The summed E-state index contributed by atoms with van der Waals surface area (Å²) in [6.45, 7) is 0. The van der Waals surface area contributed by atoms with Crippen LogP contribution >= 0.6 is 8.15 Å². The highest BCUT2D eigenvalue weighted by Crippen LogP contribution is 2.43. The van der Waals surface area contributed by atoms with Gasteiger partial charge in [0.2, 0.25) is 0 Å². The number of hydrogen-bond donors (Lipinski definition) is 0. The first kappa shape index (κ1) is 9.43. The van der Waals surface area contributed by atoms with Gasteiger partial charge in [0.05, 0.1) is 14.4 Å². The highest BCUT2D eigenvalue weighted by atomic mass is 32.2. The summed E-state index contributed by atoms with van der Waals surface area (Å²) in [5, 5.41) is 0. The molecular weight excluding hydrogens is 183 g/mol. The molecule has 1 aliphatic rings. The van der Waals surface area contributed by atoms with Crippen molar-refractivity contribution in [3.05, 3.63) is 0 Å². The summed E-state index contributed by atoms with van der Waals surface area (Å²) in [6, 6.07) is 0. The fourth-order valence-corrected chi connectivity index (χ4v) is 4.64. The van der Waals surface area contributed by atoms with Crippen LogP contribution in [0, 0.1) is 0 Å². The van der Waals surface area contributed by atoms with Crippen molar-refractivity contribution in [1.29, 1.82) is 0 Å². The molecule has 0 amide bonds. The van der Waals surface area contributed by atoms with Gasteiger partial charge in [0.15, 0.2) is 0 Å². The van der Waals surface area contributed by atoms with Crippen LogP contribution in [0.2, 0.25) is 0 Å². The van der Waals surface area contributed by atoms with E-state index in [-0.39, 0.29) is 0 Å². The summed E-state index contributed by atoms with van der Waals surface area (Å²) < 4.78 is 26.3. The molecule has 0 bridgehead atoms. The van der Waals surface area contributed by atoms with Crippen LogP contribution in [0.1, 0.15) is 19.3 Å². The first-order valence-electron chi connectivity index (χ1n) is 3.72. The summed E-state index contributed by atoms with van der Waals surface area (Å²) in [6.07, 6.45) is 6.53. The molecule has 1 fully saturated rings. The molecule has 0 spiro atoms. The average molecular weight is 196 g/mol. The predicted molar refractivity (Wildman–Crippen MR) is 46.4 cm³/mol. The van der Waals surface area contributed by atoms with Crippen molar-refractivity contribution in [2.45, 2.75) is 19.3 Å². The fraction of sp³-hybridized carbons (Fsp3) is 1.00. The molecule has 0 aliphatic carbocycles. The Hall–Kier alpha value is 0.340. The van der Waals surface area contributed by atoms with Crippen molar-refractivity contribution in [3.8, 4) is 0 Å². The summed E-state index contributed by atoms with van der Waals surface area (Å²) in [5.74, 6) is 0. The van der Waals surface area contributed by atoms with Gasteiger partial charge in [-0.2, -0.15) is 8.42 Å². The van der Waals surface area contributed by atoms with E-state index >= 15 is 0 Å². The number of hydrogen-bond acceptors (Lipinski definition) is 3. The normalized spacial score (nSPS) is 21.9. The predicted octanol–water partition coefficient (Wildman–Crippen LogP) is 1.54. The third-order valence-corrected chi connectivity index (χ3v) is 5.11. The summed E-state index contributed by atoms with van der Waals surface area (Å²) in [4.78, 5) is 0. The molecule has 1 rings (SSSR count). The van der Waals surface area contributed by atoms with E-state index in [1.807, 2.05) is 0 Å². The van der Waals surface area contributed by atoms with Crippen LogP contribution in [0.15, 0.2) is 0 Å². The molecule has 1 heterocycles. The smallest absolute Gasteiger partial charge is 0.248 e. The van der Waals surface area contributed by atoms with Gasteiger partial charge in [-0.15, -0.1) is 0 Å². The van der Waals surface area contributed by atoms with E-state index in [0.29, 0.717) is 0 Å². The molecule has 66 valence electrons. The molecule has 0 N–H and O–H groups in total. The van der Waals surface area contributed by atoms with Gasteiger partial charge in [-0.25, -0.2) is 3.97 Å². The molecule has 11 heavy (non-hydrogen) atoms. The summed E-state index contributed by atoms with van der Waals surface area (Å²) in [7, 11) is -3.84. The number of rotatable bonds is 2. The van der Waals surface area contributed by atoms with E-state index in [2.05, 4.69) is 0 Å². The van der Waals surface area contributed by atoms with Gasteiger partial charge in [0.1, 0.15) is 0 Å². The maximum Gasteiger partial charge on any atom is 0.267 e. The largest absolute Gasteiger partial charge is 0.267 e. The zero-order valence-electron chi connectivity index (χ0n) is 6.62. The van der Waals surface area contributed by atoms with Gasteiger partial charge in [0, 0.05) is 0 Å². The van der Waals surface area contributed by atoms with Crippen molar-refractivity contribution in [1.82, 2.24) is 0 Å². The van der Waals surface area contributed by atoms with Gasteiger partial charge < -0.3 is 0 Å². The molecule has 0 aromatic rings. The molecule has 3 nitrogen and oxygen atoms in total. The summed E-state index contributed by atoms with van der Waals surface area (Å²) in [5.41, 5.74) is 0. The molecule has 0 aromatic heterocycles. The van der Waals surface area contributed by atoms with Crippen molar-refractivity contribution < 1.29 is 12.4 Å². The topological polar surface area (TPSA) is 43.4 Å². The lowest BCUT2D eigenvalue weighted by molar-refractivity contribution is 0.510. The average Bonchev–Trinajstić information content (AvgIpc) is 1.85. The second-order valence-electron chi connectivity index (χ2n) is 2.77. The molecule has 5 heteroatoms. The van der Waals surface area contributed by atoms with Gasteiger partial charge in [-0.3, -0.25) is 0 Å². The van der Waals surface area contributed by atoms with Crippen molar-refractivity contribution >= 4 is 18.3 Å². The van der Waals surface area contributed by atoms with Gasteiger partial charge >= 0.3 is 0 Å². The molecule has 0 aromatic carbocycles. The van der Waals surface area contributed by atoms with E-state index < -0.39 is 18.3 Å². The minimum atomic E-state index is -3.19. The standard InChI is InChI=1S/C6H13O3PS/c1-11(7,8)9-10-5-3-2-4-6-10/h2-6H2,1H3. The van der Waals surface area contributed by atoms with Gasteiger partial charge in [-0.05, 0) is 25.2 Å². The molecule has 1 aliphatic heterocycles. The van der Waals surface area contributed by atoms with Crippen LogP contribution < -0.4 is 0 Å². The van der Waals surface area contributed by atoms with Crippen LogP contribution in [0.4, 0.5) is 0 Å². The first-order chi connectivity index (χ1) is 5.08. The monoisotopic (exact) mass is 196 g/mol. The molecule has 0 radical (unpaired) electrons. The van der Waals surface area contributed by atoms with Gasteiger partial charge in [0.25, 0.3) is 10.1 Å². The van der Waals surface area contributed by atoms with Gasteiger partial charge in [-0.1, -0.05) is 6.42 Å². The zero-order chi connectivity index (χ0) is 8.32. The van der Waals surface area contributed by atoms with Crippen LogP contribution in [0.3, 0.4) is 0 Å². The Labute approximate surface area is 69.1 Å². The third kappa shape index (κ3) is 4.04. The van der Waals surface area contributed by atoms with Crippen LogP contribution in [0.5, 0.6) is 0 Å². The molecular formula is C6H13O3PS. The molecule has 0 saturated carbocycles. The first-order valence-corrected chi connectivity index (χ1v) is 7.17. The summed E-state index contributed by atoms with van der Waals surface area (Å²) >= 11 is 0. The second kappa shape index (κ2) is 3.83. The maximum absolute atomic E-state index is 10.7. The maximum atomic E-state index is 10.7. The lowest BCUT2D eigenvalue weighted by Crippen LogP contribution is -2.06. The Morgan fingerprint density at radius 3 is 2.18 bits per heavy atom. The van der Waals surface area contributed by atoms with E-state index in [1.165, 1.54) is 6.42 Å². The quantitative estimate of drug-likeness (QED) is 0.629. The SMILES string of the molecule is CS(=O)(=O)OP1CCCCC1. The molecule has 0 unspecified atom stereocenters. The lowest BCUT2D eigenvalue weighted by Gasteiger charge is -2.19. The molecule has 0 atom stereocenters. The van der Waals surface area contributed by atoms with Crippen LogP contribution in [0.25, 0.3) is 0 Å². The Morgan fingerprint density at radius 1 is 1.18 bits per heavy atom. The van der Waals surface area contributed by atoms with E-state index in [9.17, 15) is 8.42 Å². The van der Waals surface area contributed by atoms with E-state index in [0.717, 1.165) is 31.4 Å². The van der Waals surface area contributed by atoms with Crippen LogP contribution in [-0.2, 0) is 14.1 Å². The minimum Gasteiger partial charge on any atom is -0.248 e. The Morgan fingerprint density at radius 2 is 1.73 bits per heavy atom. The molecule has 1 saturated heterocycles.